The highest BCUT2D eigenvalue weighted by Gasteiger charge is 2.19. The smallest absolute Gasteiger partial charge is 0.240 e. The number of nitrogen functional groups attached to an aromatic ring is 1. The molecule has 3 heterocycles. The monoisotopic (exact) mass is 231 g/mol. The lowest BCUT2D eigenvalue weighted by atomic mass is 10.0. The van der Waals surface area contributed by atoms with E-state index in [1.54, 1.807) is 0 Å². The summed E-state index contributed by atoms with van der Waals surface area (Å²) >= 11 is 0. The third-order valence-corrected chi connectivity index (χ3v) is 3.34. The topological polar surface area (TPSA) is 59.5 Å². The van der Waals surface area contributed by atoms with Gasteiger partial charge in [-0.2, -0.15) is 9.50 Å². The van der Waals surface area contributed by atoms with Crippen LogP contribution >= 0.6 is 0 Å². The summed E-state index contributed by atoms with van der Waals surface area (Å²) in [5, 5.41) is 4.26. The summed E-state index contributed by atoms with van der Waals surface area (Å²) in [5.74, 6) is 2.17. The molecule has 0 aliphatic carbocycles. The van der Waals surface area contributed by atoms with E-state index < -0.39 is 0 Å². The lowest BCUT2D eigenvalue weighted by molar-refractivity contribution is 0.443. The van der Waals surface area contributed by atoms with Crippen LogP contribution in [-0.2, 0) is 0 Å². The van der Waals surface area contributed by atoms with E-state index in [9.17, 15) is 0 Å². The predicted octanol–water partition coefficient (Wildman–Crippen LogP) is 1.55. The zero-order valence-corrected chi connectivity index (χ0v) is 10.0. The van der Waals surface area contributed by atoms with Crippen molar-refractivity contribution in [3.05, 3.63) is 18.2 Å². The van der Waals surface area contributed by atoms with Gasteiger partial charge in [-0.3, -0.25) is 0 Å². The summed E-state index contributed by atoms with van der Waals surface area (Å²) in [6, 6.07) is 6.03. The van der Waals surface area contributed by atoms with E-state index in [-0.39, 0.29) is 0 Å². The van der Waals surface area contributed by atoms with Crippen LogP contribution in [0, 0.1) is 5.92 Å². The molecular formula is C12H17N5. The van der Waals surface area contributed by atoms with Gasteiger partial charge in [-0.15, -0.1) is 5.10 Å². The highest BCUT2D eigenvalue weighted by molar-refractivity contribution is 5.52. The van der Waals surface area contributed by atoms with Crippen LogP contribution < -0.4 is 10.6 Å². The van der Waals surface area contributed by atoms with Gasteiger partial charge in [0.05, 0.1) is 0 Å². The molecule has 90 valence electrons. The first-order valence-corrected chi connectivity index (χ1v) is 6.10. The molecule has 1 saturated heterocycles. The highest BCUT2D eigenvalue weighted by atomic mass is 15.4. The second-order valence-electron chi connectivity index (χ2n) is 4.82. The van der Waals surface area contributed by atoms with Gasteiger partial charge in [0.25, 0.3) is 0 Å². The van der Waals surface area contributed by atoms with Crippen molar-refractivity contribution in [1.29, 1.82) is 0 Å². The molecule has 17 heavy (non-hydrogen) atoms. The maximum atomic E-state index is 5.65. The lowest BCUT2D eigenvalue weighted by Gasteiger charge is -2.32. The number of fused-ring (bicyclic) bond motifs is 1. The Morgan fingerprint density at radius 1 is 1.41 bits per heavy atom. The molecule has 2 aromatic heterocycles. The van der Waals surface area contributed by atoms with Gasteiger partial charge in [0.2, 0.25) is 5.95 Å². The fourth-order valence-corrected chi connectivity index (χ4v) is 2.54. The molecule has 1 unspecified atom stereocenters. The van der Waals surface area contributed by atoms with Gasteiger partial charge >= 0.3 is 0 Å². The quantitative estimate of drug-likeness (QED) is 0.809. The summed E-state index contributed by atoms with van der Waals surface area (Å²) < 4.78 is 1.84. The highest BCUT2D eigenvalue weighted by Crippen LogP contribution is 2.23. The summed E-state index contributed by atoms with van der Waals surface area (Å²) in [6.07, 6.45) is 2.55. The minimum Gasteiger partial charge on any atom is -0.366 e. The van der Waals surface area contributed by atoms with Gasteiger partial charge < -0.3 is 10.6 Å². The summed E-state index contributed by atoms with van der Waals surface area (Å²) in [6.45, 7) is 4.46. The Hall–Kier alpha value is -1.78. The molecule has 5 nitrogen and oxygen atoms in total. The van der Waals surface area contributed by atoms with Gasteiger partial charge in [-0.05, 0) is 30.9 Å². The first-order valence-electron chi connectivity index (χ1n) is 6.10. The van der Waals surface area contributed by atoms with Crippen LogP contribution in [0.2, 0.25) is 0 Å². The lowest BCUT2D eigenvalue weighted by Crippen LogP contribution is -2.35. The van der Waals surface area contributed by atoms with Crippen LogP contribution in [0.5, 0.6) is 0 Å². The van der Waals surface area contributed by atoms with Crippen molar-refractivity contribution in [3.63, 3.8) is 0 Å². The third-order valence-electron chi connectivity index (χ3n) is 3.34. The molecule has 0 amide bonds. The first kappa shape index (κ1) is 10.4. The fraction of sp³-hybridized carbons (Fsp3) is 0.500. The first-order chi connectivity index (χ1) is 8.24. The molecule has 2 aromatic rings. The Kier molecular flexibility index (Phi) is 2.39. The summed E-state index contributed by atoms with van der Waals surface area (Å²) in [7, 11) is 0. The van der Waals surface area contributed by atoms with Crippen molar-refractivity contribution >= 4 is 17.4 Å². The molecule has 1 aliphatic heterocycles. The van der Waals surface area contributed by atoms with E-state index in [1.807, 2.05) is 16.6 Å². The second-order valence-corrected chi connectivity index (χ2v) is 4.82. The van der Waals surface area contributed by atoms with E-state index in [0.29, 0.717) is 5.95 Å². The third kappa shape index (κ3) is 1.81. The molecule has 0 radical (unpaired) electrons. The molecule has 0 saturated carbocycles. The van der Waals surface area contributed by atoms with Crippen molar-refractivity contribution in [2.75, 3.05) is 23.7 Å². The average molecular weight is 231 g/mol. The summed E-state index contributed by atoms with van der Waals surface area (Å²) in [4.78, 5) is 6.56. The molecule has 1 aliphatic rings. The zero-order valence-electron chi connectivity index (χ0n) is 10.0. The number of hydrogen-bond donors (Lipinski definition) is 1. The van der Waals surface area contributed by atoms with Crippen LogP contribution in [0.1, 0.15) is 19.8 Å². The summed E-state index contributed by atoms with van der Waals surface area (Å²) in [5.41, 5.74) is 6.47. The number of pyridine rings is 1. The molecular weight excluding hydrogens is 214 g/mol. The number of hydrogen-bond acceptors (Lipinski definition) is 4. The Balaban J connectivity index is 2.04. The molecule has 1 fully saturated rings. The fourth-order valence-electron chi connectivity index (χ4n) is 2.54. The molecule has 0 aromatic carbocycles. The van der Waals surface area contributed by atoms with Crippen molar-refractivity contribution in [3.8, 4) is 0 Å². The maximum Gasteiger partial charge on any atom is 0.240 e. The zero-order chi connectivity index (χ0) is 11.8. The van der Waals surface area contributed by atoms with Gasteiger partial charge in [-0.1, -0.05) is 13.0 Å². The van der Waals surface area contributed by atoms with Gasteiger partial charge in [0.15, 0.2) is 5.65 Å². The predicted molar refractivity (Wildman–Crippen MR) is 68.0 cm³/mol. The van der Waals surface area contributed by atoms with Crippen LogP contribution in [0.25, 0.3) is 5.65 Å². The van der Waals surface area contributed by atoms with Crippen LogP contribution in [0.4, 0.5) is 11.8 Å². The maximum absolute atomic E-state index is 5.65. The van der Waals surface area contributed by atoms with E-state index in [4.69, 9.17) is 5.73 Å². The van der Waals surface area contributed by atoms with Gasteiger partial charge in [-0.25, -0.2) is 0 Å². The molecule has 1 atom stereocenters. The van der Waals surface area contributed by atoms with Gasteiger partial charge in [0.1, 0.15) is 5.82 Å². The molecule has 5 heteroatoms. The Morgan fingerprint density at radius 3 is 3.12 bits per heavy atom. The van der Waals surface area contributed by atoms with E-state index >= 15 is 0 Å². The van der Waals surface area contributed by atoms with Crippen LogP contribution in [-0.4, -0.2) is 27.7 Å². The number of nitrogens with zero attached hydrogens (tertiary/aromatic N) is 4. The van der Waals surface area contributed by atoms with Gasteiger partial charge in [0, 0.05) is 13.1 Å². The molecule has 3 rings (SSSR count). The molecule has 2 N–H and O–H groups in total. The number of nitrogens with two attached hydrogens (primary N) is 1. The normalized spacial score (nSPS) is 21.0. The minimum absolute atomic E-state index is 0.336. The Morgan fingerprint density at radius 2 is 2.29 bits per heavy atom. The largest absolute Gasteiger partial charge is 0.366 e. The Labute approximate surface area is 100 Å². The molecule has 0 bridgehead atoms. The average Bonchev–Trinajstić information content (AvgIpc) is 2.68. The van der Waals surface area contributed by atoms with E-state index in [1.165, 1.54) is 12.8 Å². The SMILES string of the molecule is CC1CCCN(c2cccc3nc(N)nn23)C1. The van der Waals surface area contributed by atoms with Crippen molar-refractivity contribution in [1.82, 2.24) is 14.6 Å². The van der Waals surface area contributed by atoms with E-state index in [0.717, 1.165) is 30.5 Å². The second kappa shape index (κ2) is 3.91. The van der Waals surface area contributed by atoms with Crippen molar-refractivity contribution < 1.29 is 0 Å². The number of rotatable bonds is 1. The molecule has 0 spiro atoms. The number of aromatic nitrogens is 3. The van der Waals surface area contributed by atoms with Crippen LogP contribution in [0.15, 0.2) is 18.2 Å². The number of anilines is 2. The minimum atomic E-state index is 0.336. The van der Waals surface area contributed by atoms with Crippen molar-refractivity contribution in [2.24, 2.45) is 5.92 Å². The van der Waals surface area contributed by atoms with Crippen LogP contribution in [0.3, 0.4) is 0 Å². The number of piperidine rings is 1. The standard InChI is InChI=1S/C12H17N5/c1-9-4-3-7-16(8-9)11-6-2-5-10-14-12(13)15-17(10)11/h2,5-6,9H,3-4,7-8H2,1H3,(H2,13,15). The van der Waals surface area contributed by atoms with Crippen molar-refractivity contribution in [2.45, 2.75) is 19.8 Å². The van der Waals surface area contributed by atoms with E-state index in [2.05, 4.69) is 28.0 Å². The Bertz CT molecular complexity index is 533.